The van der Waals surface area contributed by atoms with Gasteiger partial charge in [-0.25, -0.2) is 0 Å². The lowest BCUT2D eigenvalue weighted by atomic mass is 10.5. The summed E-state index contributed by atoms with van der Waals surface area (Å²) < 4.78 is 5.07. The molecule has 1 rings (SSSR count). The normalized spacial score (nSPS) is 15.8. The Balaban J connectivity index is 2.27. The van der Waals surface area contributed by atoms with Gasteiger partial charge in [0.2, 0.25) is 10.6 Å². The van der Waals surface area contributed by atoms with Crippen molar-refractivity contribution in [1.82, 2.24) is 10.0 Å². The van der Waals surface area contributed by atoms with E-state index in [4.69, 9.17) is 4.74 Å². The zero-order valence-corrected chi connectivity index (χ0v) is 13.1. The van der Waals surface area contributed by atoms with Crippen LogP contribution in [0.1, 0.15) is 6.92 Å². The first-order chi connectivity index (χ1) is 11.5. The summed E-state index contributed by atoms with van der Waals surface area (Å²) in [6.45, 7) is 2.52. The molecule has 1 fully saturated rings. The number of likely N-dealkylation sites (N-methyl/N-ethyl adjacent to an activating group) is 1. The maximum absolute atomic E-state index is 11.5. The highest BCUT2D eigenvalue weighted by Gasteiger charge is 2.17. The van der Waals surface area contributed by atoms with Crippen molar-refractivity contribution < 1.29 is 34.3 Å². The third-order valence-electron chi connectivity index (χ3n) is 2.74. The van der Waals surface area contributed by atoms with Crippen molar-refractivity contribution in [1.29, 1.82) is 0 Å². The molecule has 1 heterocycles. The van der Waals surface area contributed by atoms with Gasteiger partial charge in [0.1, 0.15) is 26.2 Å². The van der Waals surface area contributed by atoms with Gasteiger partial charge >= 0.3 is 0 Å². The van der Waals surface area contributed by atoms with Gasteiger partial charge in [0.05, 0.1) is 29.7 Å². The first-order valence-electron chi connectivity index (χ1n) is 6.99. The van der Waals surface area contributed by atoms with Crippen molar-refractivity contribution in [2.24, 2.45) is 10.6 Å². The van der Waals surface area contributed by atoms with E-state index < -0.39 is 11.9 Å². The van der Waals surface area contributed by atoms with Gasteiger partial charge in [-0.05, 0) is 6.92 Å². The molecule has 15 heteroatoms. The molecule has 1 aliphatic heterocycles. The first-order valence-corrected chi connectivity index (χ1v) is 6.99. The standard InChI is InChI=1S/C9H19N7O8/c1-2-12(5-8-24-16(19)20)14(17)10-22-9-23-11-15(18)13-3-6-21-7-4-13/h2-9H2,1H3. The molecule has 0 aromatic carbocycles. The van der Waals surface area contributed by atoms with Crippen molar-refractivity contribution in [3.63, 3.8) is 0 Å². The fraction of sp³-hybridized carbons (Fsp3) is 1.00. The lowest BCUT2D eigenvalue weighted by Crippen LogP contribution is -2.40. The van der Waals surface area contributed by atoms with Crippen LogP contribution in [0.4, 0.5) is 0 Å². The molecule has 0 aromatic rings. The molecule has 0 atom stereocenters. The Hall–Kier alpha value is -2.84. The average molecular weight is 353 g/mol. The zero-order valence-electron chi connectivity index (χ0n) is 13.1. The van der Waals surface area contributed by atoms with Crippen LogP contribution >= 0.6 is 0 Å². The summed E-state index contributed by atoms with van der Waals surface area (Å²) in [5.74, 6) is 0. The second-order valence-electron chi connectivity index (χ2n) is 4.21. The Morgan fingerprint density at radius 1 is 1.21 bits per heavy atom. The molecule has 0 unspecified atom stereocenters. The number of rotatable bonds is 11. The second kappa shape index (κ2) is 10.8. The molecule has 0 saturated carbocycles. The minimum atomic E-state index is -0.963. The summed E-state index contributed by atoms with van der Waals surface area (Å²) in [6, 6.07) is 0. The lowest BCUT2D eigenvalue weighted by molar-refractivity contribution is -0.764. The van der Waals surface area contributed by atoms with E-state index in [2.05, 4.69) is 25.1 Å². The molecule has 15 nitrogen and oxygen atoms in total. The van der Waals surface area contributed by atoms with Crippen molar-refractivity contribution in [2.45, 2.75) is 6.92 Å². The van der Waals surface area contributed by atoms with E-state index in [-0.39, 0.29) is 29.6 Å². The van der Waals surface area contributed by atoms with Crippen LogP contribution in [0.15, 0.2) is 10.6 Å². The van der Waals surface area contributed by atoms with Gasteiger partial charge in [0.15, 0.2) is 0 Å². The largest absolute Gasteiger partial charge is 0.569 e. The number of morpholine rings is 1. The average Bonchev–Trinajstić information content (AvgIpc) is 2.58. The van der Waals surface area contributed by atoms with Crippen molar-refractivity contribution in [3.05, 3.63) is 20.5 Å². The van der Waals surface area contributed by atoms with Crippen molar-refractivity contribution in [3.8, 4) is 0 Å². The van der Waals surface area contributed by atoms with Crippen LogP contribution in [0.2, 0.25) is 0 Å². The molecule has 0 aromatic heterocycles. The number of ether oxygens (including phenoxy) is 1. The van der Waals surface area contributed by atoms with Gasteiger partial charge in [-0.2, -0.15) is 0 Å². The quantitative estimate of drug-likeness (QED) is 0.117. The number of hydrogen-bond acceptors (Lipinski definition) is 10. The van der Waals surface area contributed by atoms with Gasteiger partial charge in [0, 0.05) is 0 Å². The predicted octanol–water partition coefficient (Wildman–Crippen LogP) is -0.575. The molecule has 0 spiro atoms. The highest BCUT2D eigenvalue weighted by molar-refractivity contribution is 4.49. The summed E-state index contributed by atoms with van der Waals surface area (Å²) >= 11 is 0. The van der Waals surface area contributed by atoms with E-state index in [0.29, 0.717) is 26.3 Å². The first kappa shape index (κ1) is 19.2. The van der Waals surface area contributed by atoms with Crippen LogP contribution in [0.25, 0.3) is 0 Å². The van der Waals surface area contributed by atoms with Crippen LogP contribution in [-0.4, -0.2) is 77.8 Å². The van der Waals surface area contributed by atoms with E-state index in [1.807, 2.05) is 0 Å². The van der Waals surface area contributed by atoms with Gasteiger partial charge in [0.25, 0.3) is 11.9 Å². The summed E-state index contributed by atoms with van der Waals surface area (Å²) in [6.07, 6.45) is 0. The Labute approximate surface area is 136 Å². The third-order valence-corrected chi connectivity index (χ3v) is 2.74. The Morgan fingerprint density at radius 3 is 2.50 bits per heavy atom. The third kappa shape index (κ3) is 7.43. The fourth-order valence-corrected chi connectivity index (χ4v) is 1.58. The second-order valence-corrected chi connectivity index (χ2v) is 4.21. The Morgan fingerprint density at radius 2 is 1.88 bits per heavy atom. The molecular formula is C9H19N7O8. The molecule has 1 saturated heterocycles. The van der Waals surface area contributed by atoms with Crippen LogP contribution in [0.5, 0.6) is 0 Å². The highest BCUT2D eigenvalue weighted by Crippen LogP contribution is 1.98. The van der Waals surface area contributed by atoms with Crippen molar-refractivity contribution >= 4 is 0 Å². The van der Waals surface area contributed by atoms with Crippen LogP contribution < -0.4 is 0 Å². The van der Waals surface area contributed by atoms with E-state index in [1.165, 1.54) is 5.01 Å². The van der Waals surface area contributed by atoms with E-state index >= 15 is 0 Å². The fourth-order valence-electron chi connectivity index (χ4n) is 1.58. The number of nitrogens with zero attached hydrogens (tertiary/aromatic N) is 7. The van der Waals surface area contributed by atoms with Gasteiger partial charge in [-0.15, -0.1) is 20.1 Å². The van der Waals surface area contributed by atoms with Gasteiger partial charge in [-0.3, -0.25) is 9.68 Å². The summed E-state index contributed by atoms with van der Waals surface area (Å²) in [4.78, 5) is 23.6. The molecule has 0 amide bonds. The number of hydrazine groups is 2. The van der Waals surface area contributed by atoms with E-state index in [9.17, 15) is 20.5 Å². The maximum Gasteiger partial charge on any atom is 0.294 e. The minimum Gasteiger partial charge on any atom is -0.569 e. The summed E-state index contributed by atoms with van der Waals surface area (Å²) in [7, 11) is 0. The van der Waals surface area contributed by atoms with Gasteiger partial charge in [-0.1, -0.05) is 0 Å². The minimum absolute atomic E-state index is 0.0650. The molecule has 0 radical (unpaired) electrons. The molecule has 0 aliphatic carbocycles. The predicted molar refractivity (Wildman–Crippen MR) is 71.7 cm³/mol. The Kier molecular flexibility index (Phi) is 8.65. The maximum atomic E-state index is 11.5. The van der Waals surface area contributed by atoms with Crippen LogP contribution in [-0.2, 0) is 19.2 Å². The van der Waals surface area contributed by atoms with Crippen molar-refractivity contribution in [2.75, 3.05) is 52.8 Å². The molecule has 0 N–H and O–H groups in total. The molecule has 1 aliphatic rings. The molecule has 0 bridgehead atoms. The SMILES string of the molecule is CCN(CCO[N+](=O)[O-])[N+]([O-])=NOCON=[N+]([O-])N1CCOCC1. The summed E-state index contributed by atoms with van der Waals surface area (Å²) in [5, 5.41) is 40.9. The highest BCUT2D eigenvalue weighted by atomic mass is 16.9. The smallest absolute Gasteiger partial charge is 0.294 e. The van der Waals surface area contributed by atoms with Gasteiger partial charge < -0.3 is 20.0 Å². The van der Waals surface area contributed by atoms with Crippen LogP contribution in [0, 0.1) is 20.5 Å². The zero-order chi connectivity index (χ0) is 17.8. The monoisotopic (exact) mass is 353 g/mol. The molecule has 24 heavy (non-hydrogen) atoms. The Bertz CT molecular complexity index is 442. The van der Waals surface area contributed by atoms with E-state index in [0.717, 1.165) is 5.01 Å². The lowest BCUT2D eigenvalue weighted by Gasteiger charge is -2.21. The van der Waals surface area contributed by atoms with Crippen LogP contribution in [0.3, 0.4) is 0 Å². The molecular weight excluding hydrogens is 334 g/mol. The van der Waals surface area contributed by atoms with E-state index in [1.54, 1.807) is 6.92 Å². The molecule has 138 valence electrons. The topological polar surface area (TPSA) is 163 Å². The number of hydrogen-bond donors (Lipinski definition) is 0. The summed E-state index contributed by atoms with van der Waals surface area (Å²) in [5.41, 5.74) is 0.